The molecule has 0 atom stereocenters. The van der Waals surface area contributed by atoms with Gasteiger partial charge in [0.05, 0.1) is 0 Å². The maximum atomic E-state index is 8.72. The van der Waals surface area contributed by atoms with Crippen molar-refractivity contribution in [1.82, 2.24) is 9.97 Å². The van der Waals surface area contributed by atoms with Gasteiger partial charge in [0.2, 0.25) is 0 Å². The number of aliphatic hydroxyl groups excluding tert-OH is 1. The average Bonchev–Trinajstić information content (AvgIpc) is 2.05. The second-order valence-electron chi connectivity index (χ2n) is 2.71. The predicted molar refractivity (Wildman–Crippen MR) is 42.0 cm³/mol. The zero-order valence-corrected chi connectivity index (χ0v) is 6.78. The highest BCUT2D eigenvalue weighted by Crippen LogP contribution is 2.09. The van der Waals surface area contributed by atoms with E-state index in [1.807, 2.05) is 6.07 Å². The van der Waals surface area contributed by atoms with Gasteiger partial charge in [-0.1, -0.05) is 13.8 Å². The van der Waals surface area contributed by atoms with Crippen molar-refractivity contribution < 1.29 is 5.11 Å². The summed E-state index contributed by atoms with van der Waals surface area (Å²) in [4.78, 5) is 8.01. The van der Waals surface area contributed by atoms with Gasteiger partial charge >= 0.3 is 0 Å². The van der Waals surface area contributed by atoms with Crippen LogP contribution in [0.25, 0.3) is 0 Å². The summed E-state index contributed by atoms with van der Waals surface area (Å²) >= 11 is 0. The van der Waals surface area contributed by atoms with E-state index in [1.54, 1.807) is 6.20 Å². The van der Waals surface area contributed by atoms with E-state index in [9.17, 15) is 0 Å². The van der Waals surface area contributed by atoms with Gasteiger partial charge in [0.1, 0.15) is 6.61 Å². The number of hydrogen-bond donors (Lipinski definition) is 1. The third-order valence-electron chi connectivity index (χ3n) is 1.46. The number of aromatic nitrogens is 2. The molecular weight excluding hydrogens is 140 g/mol. The fourth-order valence-electron chi connectivity index (χ4n) is 0.813. The maximum Gasteiger partial charge on any atom is 0.153 e. The van der Waals surface area contributed by atoms with E-state index in [1.165, 1.54) is 0 Å². The normalized spacial score (nSPS) is 10.5. The first-order valence-electron chi connectivity index (χ1n) is 3.66. The quantitative estimate of drug-likeness (QED) is 0.690. The molecule has 0 radical (unpaired) electrons. The largest absolute Gasteiger partial charge is 0.388 e. The number of rotatable bonds is 2. The molecule has 3 nitrogen and oxygen atoms in total. The minimum Gasteiger partial charge on any atom is -0.388 e. The van der Waals surface area contributed by atoms with Crippen LogP contribution in [0.2, 0.25) is 0 Å². The summed E-state index contributed by atoms with van der Waals surface area (Å²) in [6.07, 6.45) is 1.67. The Balaban J connectivity index is 2.91. The molecule has 1 heterocycles. The Morgan fingerprint density at radius 2 is 2.27 bits per heavy atom. The highest BCUT2D eigenvalue weighted by molar-refractivity contribution is 5.05. The Labute approximate surface area is 66.1 Å². The fourth-order valence-corrected chi connectivity index (χ4v) is 0.813. The van der Waals surface area contributed by atoms with Crippen molar-refractivity contribution in [1.29, 1.82) is 0 Å². The molecular formula is C8H12N2O. The SMILES string of the molecule is CC(C)c1ccnc(CO)n1. The highest BCUT2D eigenvalue weighted by Gasteiger charge is 2.01. The molecule has 1 N–H and O–H groups in total. The van der Waals surface area contributed by atoms with Crippen molar-refractivity contribution in [3.05, 3.63) is 23.8 Å². The van der Waals surface area contributed by atoms with Crippen LogP contribution < -0.4 is 0 Å². The van der Waals surface area contributed by atoms with Crippen LogP contribution in [-0.2, 0) is 6.61 Å². The number of hydrogen-bond acceptors (Lipinski definition) is 3. The van der Waals surface area contributed by atoms with Crippen LogP contribution in [-0.4, -0.2) is 15.1 Å². The van der Waals surface area contributed by atoms with E-state index in [-0.39, 0.29) is 6.61 Å². The minimum absolute atomic E-state index is 0.0828. The van der Waals surface area contributed by atoms with Crippen LogP contribution >= 0.6 is 0 Å². The highest BCUT2D eigenvalue weighted by atomic mass is 16.3. The maximum absolute atomic E-state index is 8.72. The molecule has 0 unspecified atom stereocenters. The molecule has 60 valence electrons. The van der Waals surface area contributed by atoms with Gasteiger partial charge in [0, 0.05) is 11.9 Å². The topological polar surface area (TPSA) is 46.0 Å². The third-order valence-corrected chi connectivity index (χ3v) is 1.46. The summed E-state index contributed by atoms with van der Waals surface area (Å²) < 4.78 is 0. The zero-order chi connectivity index (χ0) is 8.27. The summed E-state index contributed by atoms with van der Waals surface area (Å²) in [6.45, 7) is 4.04. The lowest BCUT2D eigenvalue weighted by molar-refractivity contribution is 0.270. The summed E-state index contributed by atoms with van der Waals surface area (Å²) in [5, 5.41) is 8.72. The Hall–Kier alpha value is -0.960. The monoisotopic (exact) mass is 152 g/mol. The van der Waals surface area contributed by atoms with Crippen molar-refractivity contribution in [3.63, 3.8) is 0 Å². The first-order chi connectivity index (χ1) is 5.24. The van der Waals surface area contributed by atoms with E-state index < -0.39 is 0 Å². The lowest BCUT2D eigenvalue weighted by atomic mass is 10.1. The molecule has 0 aromatic carbocycles. The van der Waals surface area contributed by atoms with Crippen LogP contribution in [0.4, 0.5) is 0 Å². The average molecular weight is 152 g/mol. The Morgan fingerprint density at radius 1 is 1.55 bits per heavy atom. The molecule has 0 aliphatic rings. The van der Waals surface area contributed by atoms with E-state index in [2.05, 4.69) is 23.8 Å². The lowest BCUT2D eigenvalue weighted by Gasteiger charge is -2.03. The molecule has 0 amide bonds. The first-order valence-corrected chi connectivity index (χ1v) is 3.66. The van der Waals surface area contributed by atoms with Crippen LogP contribution in [0, 0.1) is 0 Å². The van der Waals surface area contributed by atoms with Gasteiger partial charge in [-0.25, -0.2) is 9.97 Å². The van der Waals surface area contributed by atoms with Gasteiger partial charge in [-0.3, -0.25) is 0 Å². The molecule has 1 aromatic rings. The molecule has 1 aromatic heterocycles. The van der Waals surface area contributed by atoms with Crippen LogP contribution in [0.5, 0.6) is 0 Å². The Bertz CT molecular complexity index is 235. The van der Waals surface area contributed by atoms with Crippen molar-refractivity contribution >= 4 is 0 Å². The van der Waals surface area contributed by atoms with Gasteiger partial charge < -0.3 is 5.11 Å². The van der Waals surface area contributed by atoms with Crippen molar-refractivity contribution in [2.45, 2.75) is 26.4 Å². The molecule has 0 saturated carbocycles. The summed E-state index contributed by atoms with van der Waals surface area (Å²) in [5.41, 5.74) is 0.976. The Morgan fingerprint density at radius 3 is 2.82 bits per heavy atom. The molecule has 11 heavy (non-hydrogen) atoms. The van der Waals surface area contributed by atoms with Gasteiger partial charge in [0.15, 0.2) is 5.82 Å². The molecule has 0 fully saturated rings. The second kappa shape index (κ2) is 3.44. The fraction of sp³-hybridized carbons (Fsp3) is 0.500. The first kappa shape index (κ1) is 8.14. The second-order valence-corrected chi connectivity index (χ2v) is 2.71. The molecule has 0 spiro atoms. The van der Waals surface area contributed by atoms with Gasteiger partial charge in [-0.2, -0.15) is 0 Å². The standard InChI is InChI=1S/C8H12N2O/c1-6(2)7-3-4-9-8(5-11)10-7/h3-4,6,11H,5H2,1-2H3. The van der Waals surface area contributed by atoms with Crippen LogP contribution in [0.15, 0.2) is 12.3 Å². The molecule has 0 aliphatic heterocycles. The molecule has 1 rings (SSSR count). The molecule has 3 heteroatoms. The smallest absolute Gasteiger partial charge is 0.153 e. The molecule has 0 aliphatic carbocycles. The lowest BCUT2D eigenvalue weighted by Crippen LogP contribution is -1.99. The number of nitrogens with zero attached hydrogens (tertiary/aromatic N) is 2. The van der Waals surface area contributed by atoms with Gasteiger partial charge in [-0.05, 0) is 12.0 Å². The summed E-state index contributed by atoms with van der Waals surface area (Å²) in [6, 6.07) is 1.86. The van der Waals surface area contributed by atoms with E-state index in [0.29, 0.717) is 11.7 Å². The van der Waals surface area contributed by atoms with Gasteiger partial charge in [-0.15, -0.1) is 0 Å². The van der Waals surface area contributed by atoms with Crippen LogP contribution in [0.1, 0.15) is 31.3 Å². The number of aliphatic hydroxyl groups is 1. The third kappa shape index (κ3) is 1.98. The van der Waals surface area contributed by atoms with E-state index in [0.717, 1.165) is 5.69 Å². The molecule has 0 bridgehead atoms. The van der Waals surface area contributed by atoms with E-state index in [4.69, 9.17) is 5.11 Å². The van der Waals surface area contributed by atoms with Crippen molar-refractivity contribution in [2.24, 2.45) is 0 Å². The Kier molecular flexibility index (Phi) is 2.54. The minimum atomic E-state index is -0.0828. The van der Waals surface area contributed by atoms with Gasteiger partial charge in [0.25, 0.3) is 0 Å². The summed E-state index contributed by atoms with van der Waals surface area (Å²) in [7, 11) is 0. The van der Waals surface area contributed by atoms with Crippen molar-refractivity contribution in [2.75, 3.05) is 0 Å². The summed E-state index contributed by atoms with van der Waals surface area (Å²) in [5.74, 6) is 0.888. The predicted octanol–water partition coefficient (Wildman–Crippen LogP) is 1.09. The van der Waals surface area contributed by atoms with Crippen LogP contribution in [0.3, 0.4) is 0 Å². The molecule has 0 saturated heterocycles. The zero-order valence-electron chi connectivity index (χ0n) is 6.78. The van der Waals surface area contributed by atoms with Crippen molar-refractivity contribution in [3.8, 4) is 0 Å². The van der Waals surface area contributed by atoms with E-state index >= 15 is 0 Å².